The lowest BCUT2D eigenvalue weighted by Crippen LogP contribution is -2.18. The lowest BCUT2D eigenvalue weighted by atomic mass is 10.1. The normalized spacial score (nSPS) is 11.3. The molecule has 7 nitrogen and oxygen atoms in total. The molecule has 33 heavy (non-hydrogen) atoms. The second-order valence-corrected chi connectivity index (χ2v) is 7.09. The zero-order valence-electron chi connectivity index (χ0n) is 17.5. The van der Waals surface area contributed by atoms with Crippen LogP contribution in [0.1, 0.15) is 47.4 Å². The number of carbonyl (C=O) groups excluding carboxylic acids is 2. The van der Waals surface area contributed by atoms with Gasteiger partial charge in [0.15, 0.2) is 5.82 Å². The molecule has 174 valence electrons. The van der Waals surface area contributed by atoms with Crippen molar-refractivity contribution >= 4 is 23.2 Å². The van der Waals surface area contributed by atoms with Gasteiger partial charge in [0.1, 0.15) is 5.82 Å². The molecule has 0 fully saturated rings. The number of amides is 2. The second kappa shape index (κ2) is 10.2. The molecule has 1 aromatic heterocycles. The van der Waals surface area contributed by atoms with Crippen LogP contribution in [0.15, 0.2) is 47.0 Å². The van der Waals surface area contributed by atoms with Crippen LogP contribution in [0.3, 0.4) is 0 Å². The van der Waals surface area contributed by atoms with Gasteiger partial charge in [0.25, 0.3) is 5.91 Å². The number of alkyl halides is 3. The number of hydrogen-bond acceptors (Lipinski definition) is 5. The Bertz CT molecular complexity index is 1140. The number of anilines is 2. The lowest BCUT2D eigenvalue weighted by molar-refractivity contribution is -0.136. The molecule has 0 radical (unpaired) electrons. The van der Waals surface area contributed by atoms with E-state index in [-0.39, 0.29) is 30.0 Å². The van der Waals surface area contributed by atoms with E-state index in [0.717, 1.165) is 18.6 Å². The molecule has 0 unspecified atom stereocenters. The predicted molar refractivity (Wildman–Crippen MR) is 111 cm³/mol. The average Bonchev–Trinajstić information content (AvgIpc) is 3.20. The van der Waals surface area contributed by atoms with E-state index in [1.165, 1.54) is 24.3 Å². The number of rotatable bonds is 8. The Labute approximate surface area is 186 Å². The molecular formula is C22H20F4N4O3. The minimum atomic E-state index is -4.82. The summed E-state index contributed by atoms with van der Waals surface area (Å²) < 4.78 is 59.5. The molecule has 2 amide bonds. The van der Waals surface area contributed by atoms with Crippen molar-refractivity contribution in [1.82, 2.24) is 10.1 Å². The zero-order chi connectivity index (χ0) is 24.0. The highest BCUT2D eigenvalue weighted by atomic mass is 19.4. The summed E-state index contributed by atoms with van der Waals surface area (Å²) >= 11 is 0. The van der Waals surface area contributed by atoms with E-state index in [1.54, 1.807) is 0 Å². The minimum absolute atomic E-state index is 0.0701. The summed E-state index contributed by atoms with van der Waals surface area (Å²) in [7, 11) is 0. The summed E-state index contributed by atoms with van der Waals surface area (Å²) in [4.78, 5) is 28.5. The standard InChI is InChI=1S/C22H20F4N4O3/c1-2-5-18-29-20(33-30-18)11-10-19(31)28-17-9-8-13(12-15(17)22(24,25)26)27-21(32)14-6-3-4-7-16(14)23/h3-4,6-9,12H,2,5,10-11H2,1H3,(H,27,32)(H,28,31). The third kappa shape index (κ3) is 6.37. The van der Waals surface area contributed by atoms with Crippen LogP contribution in [0.4, 0.5) is 28.9 Å². The maximum atomic E-state index is 13.8. The average molecular weight is 464 g/mol. The van der Waals surface area contributed by atoms with Crippen LogP contribution in [0.2, 0.25) is 0 Å². The smallest absolute Gasteiger partial charge is 0.339 e. The summed E-state index contributed by atoms with van der Waals surface area (Å²) in [6, 6.07) is 7.95. The highest BCUT2D eigenvalue weighted by molar-refractivity contribution is 6.04. The van der Waals surface area contributed by atoms with Crippen LogP contribution >= 0.6 is 0 Å². The Hall–Kier alpha value is -3.76. The van der Waals surface area contributed by atoms with Crippen molar-refractivity contribution in [1.29, 1.82) is 0 Å². The number of carbonyl (C=O) groups is 2. The maximum absolute atomic E-state index is 13.8. The monoisotopic (exact) mass is 464 g/mol. The van der Waals surface area contributed by atoms with Gasteiger partial charge >= 0.3 is 6.18 Å². The number of aryl methyl sites for hydroxylation is 2. The quantitative estimate of drug-likeness (QED) is 0.457. The first-order valence-electron chi connectivity index (χ1n) is 10.1. The summed E-state index contributed by atoms with van der Waals surface area (Å²) in [5, 5.41) is 8.20. The van der Waals surface area contributed by atoms with E-state index in [4.69, 9.17) is 4.52 Å². The number of nitrogens with one attached hydrogen (secondary N) is 2. The first kappa shape index (κ1) is 23.9. The summed E-state index contributed by atoms with van der Waals surface area (Å²) in [6.45, 7) is 1.94. The number of halogens is 4. The van der Waals surface area contributed by atoms with E-state index in [2.05, 4.69) is 20.8 Å². The van der Waals surface area contributed by atoms with Crippen LogP contribution in [-0.4, -0.2) is 22.0 Å². The Morgan fingerprint density at radius 2 is 1.82 bits per heavy atom. The molecule has 0 bridgehead atoms. The fourth-order valence-electron chi connectivity index (χ4n) is 2.96. The van der Waals surface area contributed by atoms with Crippen LogP contribution in [0, 0.1) is 5.82 Å². The molecule has 0 atom stereocenters. The molecule has 3 rings (SSSR count). The molecule has 0 saturated heterocycles. The van der Waals surface area contributed by atoms with Crippen LogP contribution in [0.5, 0.6) is 0 Å². The fraction of sp³-hybridized carbons (Fsp3) is 0.273. The first-order chi connectivity index (χ1) is 15.7. The Balaban J connectivity index is 1.70. The Morgan fingerprint density at radius 3 is 2.52 bits per heavy atom. The first-order valence-corrected chi connectivity index (χ1v) is 10.1. The predicted octanol–water partition coefficient (Wildman–Crippen LogP) is 5.00. The number of nitrogens with zero attached hydrogens (tertiary/aromatic N) is 2. The van der Waals surface area contributed by atoms with E-state index in [9.17, 15) is 27.2 Å². The van der Waals surface area contributed by atoms with Crippen LogP contribution in [0.25, 0.3) is 0 Å². The third-order valence-electron chi connectivity index (χ3n) is 4.53. The van der Waals surface area contributed by atoms with E-state index in [0.29, 0.717) is 18.3 Å². The van der Waals surface area contributed by atoms with Crippen molar-refractivity contribution in [3.05, 3.63) is 71.1 Å². The number of aromatic nitrogens is 2. The molecule has 0 saturated carbocycles. The maximum Gasteiger partial charge on any atom is 0.418 e. The van der Waals surface area contributed by atoms with E-state index in [1.807, 2.05) is 6.92 Å². The highest BCUT2D eigenvalue weighted by Gasteiger charge is 2.34. The molecule has 0 aliphatic carbocycles. The van der Waals surface area contributed by atoms with Gasteiger partial charge in [-0.1, -0.05) is 24.2 Å². The molecule has 2 aromatic carbocycles. The number of hydrogen-bond donors (Lipinski definition) is 2. The summed E-state index contributed by atoms with van der Waals surface area (Å²) in [5.74, 6) is -1.67. The van der Waals surface area contributed by atoms with Crippen molar-refractivity contribution in [2.24, 2.45) is 0 Å². The van der Waals surface area contributed by atoms with E-state index < -0.39 is 35.1 Å². The molecule has 3 aromatic rings. The van der Waals surface area contributed by atoms with Crippen molar-refractivity contribution in [2.45, 2.75) is 38.8 Å². The topological polar surface area (TPSA) is 97.1 Å². The van der Waals surface area contributed by atoms with Gasteiger partial charge in [0.2, 0.25) is 11.8 Å². The van der Waals surface area contributed by atoms with Crippen molar-refractivity contribution < 1.29 is 31.7 Å². The largest absolute Gasteiger partial charge is 0.418 e. The number of benzene rings is 2. The lowest BCUT2D eigenvalue weighted by Gasteiger charge is -2.16. The molecule has 11 heteroatoms. The minimum Gasteiger partial charge on any atom is -0.339 e. The molecule has 0 aliphatic heterocycles. The highest BCUT2D eigenvalue weighted by Crippen LogP contribution is 2.36. The third-order valence-corrected chi connectivity index (χ3v) is 4.53. The van der Waals surface area contributed by atoms with Gasteiger partial charge in [-0.3, -0.25) is 9.59 Å². The molecular weight excluding hydrogens is 444 g/mol. The van der Waals surface area contributed by atoms with Gasteiger partial charge in [-0.2, -0.15) is 18.2 Å². The zero-order valence-corrected chi connectivity index (χ0v) is 17.5. The van der Waals surface area contributed by atoms with Crippen molar-refractivity contribution in [3.8, 4) is 0 Å². The van der Waals surface area contributed by atoms with E-state index >= 15 is 0 Å². The van der Waals surface area contributed by atoms with Gasteiger partial charge in [0.05, 0.1) is 16.8 Å². The van der Waals surface area contributed by atoms with Crippen molar-refractivity contribution in [3.63, 3.8) is 0 Å². The SMILES string of the molecule is CCCc1noc(CCC(=O)Nc2ccc(NC(=O)c3ccccc3F)cc2C(F)(F)F)n1. The molecule has 0 aliphatic rings. The second-order valence-electron chi connectivity index (χ2n) is 7.09. The van der Waals surface area contributed by atoms with Gasteiger partial charge in [0, 0.05) is 24.9 Å². The molecule has 1 heterocycles. The Morgan fingerprint density at radius 1 is 1.06 bits per heavy atom. The fourth-order valence-corrected chi connectivity index (χ4v) is 2.96. The van der Waals surface area contributed by atoms with Gasteiger partial charge in [-0.15, -0.1) is 0 Å². The van der Waals surface area contributed by atoms with Crippen LogP contribution in [-0.2, 0) is 23.8 Å². The van der Waals surface area contributed by atoms with Crippen LogP contribution < -0.4 is 10.6 Å². The summed E-state index contributed by atoms with van der Waals surface area (Å²) in [6.07, 6.45) is -3.48. The Kier molecular flexibility index (Phi) is 7.41. The van der Waals surface area contributed by atoms with Gasteiger partial charge < -0.3 is 15.2 Å². The molecule has 2 N–H and O–H groups in total. The summed E-state index contributed by atoms with van der Waals surface area (Å²) in [5.41, 5.74) is -2.16. The van der Waals surface area contributed by atoms with Crippen molar-refractivity contribution in [2.75, 3.05) is 10.6 Å². The van der Waals surface area contributed by atoms with Gasteiger partial charge in [-0.25, -0.2) is 4.39 Å². The molecule has 0 spiro atoms. The van der Waals surface area contributed by atoms with Gasteiger partial charge in [-0.05, 0) is 36.8 Å².